The SMILES string of the molecule is O=C(Cc1ccc(Cl)cc1)NC1CCN(C2CCCC2)CC1. The van der Waals surface area contributed by atoms with Gasteiger partial charge >= 0.3 is 0 Å². The highest BCUT2D eigenvalue weighted by atomic mass is 35.5. The van der Waals surface area contributed by atoms with E-state index in [1.165, 1.54) is 25.7 Å². The number of carbonyl (C=O) groups excluding carboxylic acids is 1. The van der Waals surface area contributed by atoms with Gasteiger partial charge in [0.15, 0.2) is 0 Å². The molecule has 0 atom stereocenters. The second-order valence-corrected chi connectivity index (χ2v) is 7.06. The Balaban J connectivity index is 1.42. The van der Waals surface area contributed by atoms with Crippen LogP contribution in [0.5, 0.6) is 0 Å². The molecule has 120 valence electrons. The molecule has 0 bridgehead atoms. The number of nitrogens with zero attached hydrogens (tertiary/aromatic N) is 1. The fraction of sp³-hybridized carbons (Fsp3) is 0.611. The highest BCUT2D eigenvalue weighted by Crippen LogP contribution is 2.26. The number of amides is 1. The van der Waals surface area contributed by atoms with Crippen molar-refractivity contribution in [2.75, 3.05) is 13.1 Å². The number of rotatable bonds is 4. The summed E-state index contributed by atoms with van der Waals surface area (Å²) in [7, 11) is 0. The van der Waals surface area contributed by atoms with Gasteiger partial charge in [0.2, 0.25) is 5.91 Å². The summed E-state index contributed by atoms with van der Waals surface area (Å²) >= 11 is 5.87. The van der Waals surface area contributed by atoms with E-state index in [1.807, 2.05) is 24.3 Å². The summed E-state index contributed by atoms with van der Waals surface area (Å²) in [4.78, 5) is 14.8. The molecule has 1 heterocycles. The Morgan fingerprint density at radius 2 is 1.73 bits per heavy atom. The molecule has 1 aliphatic carbocycles. The molecule has 4 heteroatoms. The van der Waals surface area contributed by atoms with Gasteiger partial charge in [-0.2, -0.15) is 0 Å². The largest absolute Gasteiger partial charge is 0.353 e. The summed E-state index contributed by atoms with van der Waals surface area (Å²) in [6.07, 6.45) is 8.14. The van der Waals surface area contributed by atoms with Crippen LogP contribution < -0.4 is 5.32 Å². The summed E-state index contributed by atoms with van der Waals surface area (Å²) in [5.74, 6) is 0.127. The van der Waals surface area contributed by atoms with Crippen LogP contribution in [-0.4, -0.2) is 36.0 Å². The van der Waals surface area contributed by atoms with Gasteiger partial charge in [0.25, 0.3) is 0 Å². The molecule has 1 saturated carbocycles. The first-order valence-electron chi connectivity index (χ1n) is 8.48. The van der Waals surface area contributed by atoms with Crippen molar-refractivity contribution >= 4 is 17.5 Å². The minimum Gasteiger partial charge on any atom is -0.353 e. The minimum atomic E-state index is 0.127. The van der Waals surface area contributed by atoms with Gasteiger partial charge in [-0.3, -0.25) is 4.79 Å². The summed E-state index contributed by atoms with van der Waals surface area (Å²) in [6.45, 7) is 2.27. The van der Waals surface area contributed by atoms with Crippen molar-refractivity contribution in [3.63, 3.8) is 0 Å². The predicted molar refractivity (Wildman–Crippen MR) is 90.1 cm³/mol. The van der Waals surface area contributed by atoms with Crippen molar-refractivity contribution in [1.82, 2.24) is 10.2 Å². The molecule has 1 aromatic rings. The second kappa shape index (κ2) is 7.47. The predicted octanol–water partition coefficient (Wildman–Crippen LogP) is 3.41. The lowest BCUT2D eigenvalue weighted by molar-refractivity contribution is -0.121. The second-order valence-electron chi connectivity index (χ2n) is 6.62. The van der Waals surface area contributed by atoms with Gasteiger partial charge in [-0.1, -0.05) is 36.6 Å². The number of likely N-dealkylation sites (tertiary alicyclic amines) is 1. The van der Waals surface area contributed by atoms with Crippen LogP contribution in [0.4, 0.5) is 0 Å². The molecule has 1 aromatic carbocycles. The quantitative estimate of drug-likeness (QED) is 0.922. The third-order valence-electron chi connectivity index (χ3n) is 5.01. The summed E-state index contributed by atoms with van der Waals surface area (Å²) < 4.78 is 0. The molecule has 0 radical (unpaired) electrons. The topological polar surface area (TPSA) is 32.3 Å². The highest BCUT2D eigenvalue weighted by Gasteiger charge is 2.27. The zero-order valence-corrected chi connectivity index (χ0v) is 13.8. The van der Waals surface area contributed by atoms with Gasteiger partial charge in [0.05, 0.1) is 6.42 Å². The van der Waals surface area contributed by atoms with E-state index in [1.54, 1.807) is 0 Å². The maximum atomic E-state index is 12.1. The number of carbonyl (C=O) groups is 1. The van der Waals surface area contributed by atoms with Crippen LogP contribution in [0, 0.1) is 0 Å². The Hall–Kier alpha value is -1.06. The van der Waals surface area contributed by atoms with E-state index in [4.69, 9.17) is 11.6 Å². The van der Waals surface area contributed by atoms with Crippen molar-refractivity contribution in [3.8, 4) is 0 Å². The molecule has 2 aliphatic rings. The van der Waals surface area contributed by atoms with E-state index in [0.717, 1.165) is 37.5 Å². The number of halogens is 1. The summed E-state index contributed by atoms with van der Waals surface area (Å²) in [5.41, 5.74) is 1.02. The number of piperidine rings is 1. The molecule has 0 spiro atoms. The van der Waals surface area contributed by atoms with E-state index in [-0.39, 0.29) is 5.91 Å². The summed E-state index contributed by atoms with van der Waals surface area (Å²) in [5, 5.41) is 3.91. The maximum Gasteiger partial charge on any atom is 0.224 e. The lowest BCUT2D eigenvalue weighted by Gasteiger charge is -2.36. The molecule has 1 aliphatic heterocycles. The molecule has 2 fully saturated rings. The molecule has 1 amide bonds. The van der Waals surface area contributed by atoms with Crippen LogP contribution in [-0.2, 0) is 11.2 Å². The van der Waals surface area contributed by atoms with Crippen LogP contribution >= 0.6 is 11.6 Å². The van der Waals surface area contributed by atoms with Crippen molar-refractivity contribution < 1.29 is 4.79 Å². The van der Waals surface area contributed by atoms with Crippen LogP contribution in [0.3, 0.4) is 0 Å². The Bertz CT molecular complexity index is 488. The van der Waals surface area contributed by atoms with Gasteiger partial charge in [0, 0.05) is 30.2 Å². The van der Waals surface area contributed by atoms with Crippen LogP contribution in [0.15, 0.2) is 24.3 Å². The molecular formula is C18H25ClN2O. The Morgan fingerprint density at radius 3 is 2.36 bits per heavy atom. The van der Waals surface area contributed by atoms with Gasteiger partial charge in [-0.05, 0) is 43.4 Å². The monoisotopic (exact) mass is 320 g/mol. The molecule has 22 heavy (non-hydrogen) atoms. The van der Waals surface area contributed by atoms with Crippen LogP contribution in [0.2, 0.25) is 5.02 Å². The van der Waals surface area contributed by atoms with Crippen molar-refractivity contribution in [2.24, 2.45) is 0 Å². The number of hydrogen-bond donors (Lipinski definition) is 1. The first-order chi connectivity index (χ1) is 10.7. The minimum absolute atomic E-state index is 0.127. The van der Waals surface area contributed by atoms with Crippen molar-refractivity contribution in [2.45, 2.75) is 57.0 Å². The molecular weight excluding hydrogens is 296 g/mol. The van der Waals surface area contributed by atoms with E-state index in [2.05, 4.69) is 10.2 Å². The number of nitrogens with one attached hydrogen (secondary N) is 1. The van der Waals surface area contributed by atoms with Gasteiger partial charge in [-0.15, -0.1) is 0 Å². The van der Waals surface area contributed by atoms with E-state index in [9.17, 15) is 4.79 Å². The van der Waals surface area contributed by atoms with E-state index < -0.39 is 0 Å². The first-order valence-corrected chi connectivity index (χ1v) is 8.86. The number of benzene rings is 1. The normalized spacial score (nSPS) is 21.1. The fourth-order valence-electron chi connectivity index (χ4n) is 3.74. The summed E-state index contributed by atoms with van der Waals surface area (Å²) in [6, 6.07) is 8.67. The molecule has 3 rings (SSSR count). The average molecular weight is 321 g/mol. The molecule has 1 N–H and O–H groups in total. The maximum absolute atomic E-state index is 12.1. The lowest BCUT2D eigenvalue weighted by atomic mass is 10.0. The fourth-order valence-corrected chi connectivity index (χ4v) is 3.87. The third-order valence-corrected chi connectivity index (χ3v) is 5.27. The molecule has 0 unspecified atom stereocenters. The molecule has 0 aromatic heterocycles. The van der Waals surface area contributed by atoms with Crippen LogP contribution in [0.25, 0.3) is 0 Å². The number of hydrogen-bond acceptors (Lipinski definition) is 2. The zero-order chi connectivity index (χ0) is 15.4. The Kier molecular flexibility index (Phi) is 5.37. The highest BCUT2D eigenvalue weighted by molar-refractivity contribution is 6.30. The molecule has 3 nitrogen and oxygen atoms in total. The van der Waals surface area contributed by atoms with Crippen molar-refractivity contribution in [1.29, 1.82) is 0 Å². The van der Waals surface area contributed by atoms with E-state index in [0.29, 0.717) is 17.5 Å². The average Bonchev–Trinajstić information content (AvgIpc) is 3.05. The van der Waals surface area contributed by atoms with Gasteiger partial charge < -0.3 is 10.2 Å². The smallest absolute Gasteiger partial charge is 0.224 e. The third kappa shape index (κ3) is 4.23. The zero-order valence-electron chi connectivity index (χ0n) is 13.1. The molecule has 1 saturated heterocycles. The van der Waals surface area contributed by atoms with Crippen molar-refractivity contribution in [3.05, 3.63) is 34.9 Å². The lowest BCUT2D eigenvalue weighted by Crippen LogP contribution is -2.47. The van der Waals surface area contributed by atoms with Gasteiger partial charge in [-0.25, -0.2) is 0 Å². The van der Waals surface area contributed by atoms with Gasteiger partial charge in [0.1, 0.15) is 0 Å². The Labute approximate surface area is 138 Å². The standard InChI is InChI=1S/C18H25ClN2O/c19-15-7-5-14(6-8-15)13-18(22)20-16-9-11-21(12-10-16)17-3-1-2-4-17/h5-8,16-17H,1-4,9-13H2,(H,20,22). The first kappa shape index (κ1) is 15.8. The Morgan fingerprint density at radius 1 is 1.09 bits per heavy atom. The van der Waals surface area contributed by atoms with Crippen LogP contribution in [0.1, 0.15) is 44.1 Å². The van der Waals surface area contributed by atoms with E-state index >= 15 is 0 Å².